The van der Waals surface area contributed by atoms with Crippen LogP contribution in [0.4, 0.5) is 0 Å². The molecule has 10 heteroatoms. The van der Waals surface area contributed by atoms with Crippen molar-refractivity contribution in [2.75, 3.05) is 13.2 Å². The highest BCUT2D eigenvalue weighted by molar-refractivity contribution is 6.38. The van der Waals surface area contributed by atoms with Crippen LogP contribution in [0.5, 0.6) is 5.75 Å². The SMILES string of the molecule is O=C(COc1ccc(Cl)cc1Cl)NCC(=O)N/N=C/c1c(Cl)cccc1Cl. The number of nitrogens with zero attached hydrogens (tertiary/aromatic N) is 1. The first-order valence-electron chi connectivity index (χ1n) is 7.47. The molecule has 2 rings (SSSR count). The second kappa shape index (κ2) is 10.4. The molecule has 0 saturated carbocycles. The van der Waals surface area contributed by atoms with E-state index in [1.54, 1.807) is 30.3 Å². The van der Waals surface area contributed by atoms with Gasteiger partial charge in [-0.25, -0.2) is 5.43 Å². The number of nitrogens with one attached hydrogen (secondary N) is 2. The molecule has 0 bridgehead atoms. The van der Waals surface area contributed by atoms with E-state index in [9.17, 15) is 9.59 Å². The quantitative estimate of drug-likeness (QED) is 0.497. The molecular weight excluding hydrogens is 436 g/mol. The topological polar surface area (TPSA) is 79.8 Å². The molecule has 0 aliphatic rings. The second-order valence-corrected chi connectivity index (χ2v) is 6.73. The number of hydrazone groups is 1. The van der Waals surface area contributed by atoms with Crippen molar-refractivity contribution >= 4 is 64.4 Å². The van der Waals surface area contributed by atoms with Crippen LogP contribution < -0.4 is 15.5 Å². The number of amides is 2. The Kier molecular flexibility index (Phi) is 8.19. The van der Waals surface area contributed by atoms with Crippen LogP contribution in [0.2, 0.25) is 20.1 Å². The summed E-state index contributed by atoms with van der Waals surface area (Å²) in [7, 11) is 0. The number of ether oxygens (including phenoxy) is 1. The third-order valence-electron chi connectivity index (χ3n) is 3.08. The highest BCUT2D eigenvalue weighted by Gasteiger charge is 2.08. The van der Waals surface area contributed by atoms with Crippen molar-refractivity contribution in [2.45, 2.75) is 0 Å². The molecule has 6 nitrogen and oxygen atoms in total. The van der Waals surface area contributed by atoms with E-state index < -0.39 is 11.8 Å². The van der Waals surface area contributed by atoms with Gasteiger partial charge in [-0.05, 0) is 30.3 Å². The smallest absolute Gasteiger partial charge is 0.259 e. The lowest BCUT2D eigenvalue weighted by atomic mass is 10.2. The van der Waals surface area contributed by atoms with Gasteiger partial charge in [-0.1, -0.05) is 52.5 Å². The normalized spacial score (nSPS) is 10.7. The number of rotatable bonds is 7. The van der Waals surface area contributed by atoms with E-state index in [0.29, 0.717) is 26.4 Å². The largest absolute Gasteiger partial charge is 0.482 e. The van der Waals surface area contributed by atoms with Crippen LogP contribution in [0.1, 0.15) is 5.56 Å². The van der Waals surface area contributed by atoms with E-state index in [1.165, 1.54) is 12.3 Å². The molecule has 0 aromatic heterocycles. The van der Waals surface area contributed by atoms with E-state index in [1.807, 2.05) is 0 Å². The fourth-order valence-electron chi connectivity index (χ4n) is 1.81. The Morgan fingerprint density at radius 2 is 1.70 bits per heavy atom. The Hall–Kier alpha value is -1.99. The Morgan fingerprint density at radius 1 is 1.00 bits per heavy atom. The average molecular weight is 449 g/mol. The van der Waals surface area contributed by atoms with Crippen LogP contribution >= 0.6 is 46.4 Å². The molecule has 0 saturated heterocycles. The van der Waals surface area contributed by atoms with Gasteiger partial charge in [0.15, 0.2) is 6.61 Å². The van der Waals surface area contributed by atoms with Crippen molar-refractivity contribution in [3.8, 4) is 5.75 Å². The Bertz CT molecular complexity index is 854. The minimum atomic E-state index is -0.535. The summed E-state index contributed by atoms with van der Waals surface area (Å²) < 4.78 is 5.26. The van der Waals surface area contributed by atoms with E-state index in [-0.39, 0.29) is 18.2 Å². The standard InChI is InChI=1S/C17H13Cl4N3O3/c18-10-4-5-15(14(21)6-10)27-9-17(26)22-8-16(25)24-23-7-11-12(19)2-1-3-13(11)20/h1-7H,8-9H2,(H,22,26)(H,24,25)/b23-7+. The van der Waals surface area contributed by atoms with Crippen LogP contribution in [0.15, 0.2) is 41.5 Å². The van der Waals surface area contributed by atoms with Crippen LogP contribution in [0, 0.1) is 0 Å². The van der Waals surface area contributed by atoms with Gasteiger partial charge < -0.3 is 10.1 Å². The van der Waals surface area contributed by atoms with E-state index in [0.717, 1.165) is 0 Å². The number of carbonyl (C=O) groups is 2. The molecule has 0 fully saturated rings. The molecule has 142 valence electrons. The Morgan fingerprint density at radius 3 is 2.37 bits per heavy atom. The highest BCUT2D eigenvalue weighted by Crippen LogP contribution is 2.27. The van der Waals surface area contributed by atoms with Crippen LogP contribution in [0.25, 0.3) is 0 Å². The summed E-state index contributed by atoms with van der Waals surface area (Å²) in [5.41, 5.74) is 2.72. The van der Waals surface area contributed by atoms with Crippen molar-refractivity contribution in [1.29, 1.82) is 0 Å². The summed E-state index contributed by atoms with van der Waals surface area (Å²) in [6.45, 7) is -0.600. The van der Waals surface area contributed by atoms with Gasteiger partial charge in [-0.15, -0.1) is 0 Å². The Balaban J connectivity index is 1.75. The van der Waals surface area contributed by atoms with Gasteiger partial charge in [-0.2, -0.15) is 5.10 Å². The highest BCUT2D eigenvalue weighted by atomic mass is 35.5. The predicted octanol–water partition coefficient (Wildman–Crippen LogP) is 3.95. The maximum Gasteiger partial charge on any atom is 0.259 e. The second-order valence-electron chi connectivity index (χ2n) is 5.07. The molecule has 27 heavy (non-hydrogen) atoms. The van der Waals surface area contributed by atoms with E-state index in [2.05, 4.69) is 15.8 Å². The van der Waals surface area contributed by atoms with Gasteiger partial charge in [0.25, 0.3) is 11.8 Å². The molecule has 0 spiro atoms. The average Bonchev–Trinajstić information content (AvgIpc) is 2.61. The summed E-state index contributed by atoms with van der Waals surface area (Å²) in [5, 5.41) is 7.65. The monoisotopic (exact) mass is 447 g/mol. The number of hydrogen-bond acceptors (Lipinski definition) is 4. The van der Waals surface area contributed by atoms with Crippen LogP contribution in [0.3, 0.4) is 0 Å². The lowest BCUT2D eigenvalue weighted by Gasteiger charge is -2.08. The summed E-state index contributed by atoms with van der Waals surface area (Å²) >= 11 is 23.7. The molecule has 0 aliphatic heterocycles. The molecule has 0 radical (unpaired) electrons. The van der Waals surface area contributed by atoms with Crippen molar-refractivity contribution in [1.82, 2.24) is 10.7 Å². The third-order valence-corrected chi connectivity index (χ3v) is 4.27. The first-order valence-corrected chi connectivity index (χ1v) is 8.98. The van der Waals surface area contributed by atoms with Gasteiger partial charge in [-0.3, -0.25) is 9.59 Å². The van der Waals surface area contributed by atoms with Crippen molar-refractivity contribution in [3.05, 3.63) is 62.1 Å². The molecule has 0 atom stereocenters. The third kappa shape index (κ3) is 6.92. The maximum atomic E-state index is 11.7. The minimum Gasteiger partial charge on any atom is -0.482 e. The maximum absolute atomic E-state index is 11.7. The van der Waals surface area contributed by atoms with E-state index in [4.69, 9.17) is 51.1 Å². The fraction of sp³-hybridized carbons (Fsp3) is 0.118. The molecule has 0 heterocycles. The summed E-state index contributed by atoms with van der Waals surface area (Å²) in [6.07, 6.45) is 1.32. The first-order chi connectivity index (χ1) is 12.9. The van der Waals surface area contributed by atoms with Crippen LogP contribution in [-0.4, -0.2) is 31.2 Å². The lowest BCUT2D eigenvalue weighted by molar-refractivity contribution is -0.127. The predicted molar refractivity (Wildman–Crippen MR) is 107 cm³/mol. The molecular formula is C17H13Cl4N3O3. The molecule has 0 unspecified atom stereocenters. The summed E-state index contributed by atoms with van der Waals surface area (Å²) in [6, 6.07) is 9.59. The number of halogens is 4. The molecule has 2 aromatic carbocycles. The zero-order valence-electron chi connectivity index (χ0n) is 13.6. The van der Waals surface area contributed by atoms with Crippen molar-refractivity contribution in [2.24, 2.45) is 5.10 Å². The minimum absolute atomic E-state index is 0.278. The van der Waals surface area contributed by atoms with Crippen LogP contribution in [-0.2, 0) is 9.59 Å². The van der Waals surface area contributed by atoms with Crippen molar-refractivity contribution in [3.63, 3.8) is 0 Å². The first kappa shape index (κ1) is 21.3. The lowest BCUT2D eigenvalue weighted by Crippen LogP contribution is -2.37. The van der Waals surface area contributed by atoms with Gasteiger partial charge in [0.1, 0.15) is 5.75 Å². The molecule has 2 N–H and O–H groups in total. The molecule has 2 amide bonds. The summed E-state index contributed by atoms with van der Waals surface area (Å²) in [4.78, 5) is 23.4. The van der Waals surface area contributed by atoms with Crippen molar-refractivity contribution < 1.29 is 14.3 Å². The van der Waals surface area contributed by atoms with Gasteiger partial charge in [0.2, 0.25) is 0 Å². The number of hydrogen-bond donors (Lipinski definition) is 2. The summed E-state index contributed by atoms with van der Waals surface area (Å²) in [5.74, 6) is -0.733. The number of carbonyl (C=O) groups excluding carboxylic acids is 2. The zero-order valence-corrected chi connectivity index (χ0v) is 16.7. The molecule has 0 aliphatic carbocycles. The number of benzene rings is 2. The Labute approximate surface area is 175 Å². The molecule has 2 aromatic rings. The fourth-order valence-corrected chi connectivity index (χ4v) is 2.77. The van der Waals surface area contributed by atoms with Gasteiger partial charge in [0, 0.05) is 10.6 Å². The zero-order chi connectivity index (χ0) is 19.8. The van der Waals surface area contributed by atoms with Gasteiger partial charge in [0.05, 0.1) is 27.8 Å². The van der Waals surface area contributed by atoms with E-state index >= 15 is 0 Å². The van der Waals surface area contributed by atoms with Gasteiger partial charge >= 0.3 is 0 Å².